The first-order valence-corrected chi connectivity index (χ1v) is 7.66. The molecule has 21 heavy (non-hydrogen) atoms. The number of rotatable bonds is 7. The lowest BCUT2D eigenvalue weighted by Gasteiger charge is -2.16. The predicted molar refractivity (Wildman–Crippen MR) is 80.3 cm³/mol. The fourth-order valence-electron chi connectivity index (χ4n) is 2.54. The average molecular weight is 289 g/mol. The molecule has 0 saturated carbocycles. The molecule has 0 radical (unpaired) electrons. The SMILES string of the molecule is CCCCCN1CC(C(=O)NCc2ccccn2)CC1=O. The lowest BCUT2D eigenvalue weighted by atomic mass is 10.1. The van der Waals surface area contributed by atoms with Gasteiger partial charge in [0, 0.05) is 25.7 Å². The van der Waals surface area contributed by atoms with Crippen molar-refractivity contribution in [1.29, 1.82) is 0 Å². The van der Waals surface area contributed by atoms with Crippen molar-refractivity contribution in [3.05, 3.63) is 30.1 Å². The quantitative estimate of drug-likeness (QED) is 0.778. The Bertz CT molecular complexity index is 476. The molecule has 0 bridgehead atoms. The van der Waals surface area contributed by atoms with Crippen molar-refractivity contribution in [2.45, 2.75) is 39.2 Å². The van der Waals surface area contributed by atoms with Crippen LogP contribution in [0, 0.1) is 5.92 Å². The van der Waals surface area contributed by atoms with Gasteiger partial charge in [-0.05, 0) is 18.6 Å². The number of amides is 2. The number of carbonyl (C=O) groups is 2. The zero-order valence-electron chi connectivity index (χ0n) is 12.5. The third kappa shape index (κ3) is 4.55. The summed E-state index contributed by atoms with van der Waals surface area (Å²) in [6, 6.07) is 5.61. The first-order valence-electron chi connectivity index (χ1n) is 7.66. The Labute approximate surface area is 125 Å². The summed E-state index contributed by atoms with van der Waals surface area (Å²) in [6.45, 7) is 3.88. The Balaban J connectivity index is 1.77. The van der Waals surface area contributed by atoms with E-state index in [9.17, 15) is 9.59 Å². The molecule has 1 aromatic heterocycles. The summed E-state index contributed by atoms with van der Waals surface area (Å²) in [7, 11) is 0. The highest BCUT2D eigenvalue weighted by Gasteiger charge is 2.33. The van der Waals surface area contributed by atoms with Crippen molar-refractivity contribution >= 4 is 11.8 Å². The van der Waals surface area contributed by atoms with E-state index in [0.717, 1.165) is 31.5 Å². The molecule has 1 aliphatic rings. The molecule has 114 valence electrons. The van der Waals surface area contributed by atoms with Crippen LogP contribution < -0.4 is 5.32 Å². The van der Waals surface area contributed by atoms with Crippen LogP contribution in [0.1, 0.15) is 38.3 Å². The van der Waals surface area contributed by atoms with Gasteiger partial charge in [0.25, 0.3) is 0 Å². The van der Waals surface area contributed by atoms with Crippen LogP contribution in [0.25, 0.3) is 0 Å². The topological polar surface area (TPSA) is 62.3 Å². The maximum absolute atomic E-state index is 12.1. The molecule has 1 N–H and O–H groups in total. The Kier molecular flexibility index (Phi) is 5.72. The minimum Gasteiger partial charge on any atom is -0.350 e. The number of pyridine rings is 1. The summed E-state index contributed by atoms with van der Waals surface area (Å²) in [5, 5.41) is 2.87. The van der Waals surface area contributed by atoms with E-state index in [1.165, 1.54) is 0 Å². The maximum Gasteiger partial charge on any atom is 0.225 e. The lowest BCUT2D eigenvalue weighted by molar-refractivity contribution is -0.129. The van der Waals surface area contributed by atoms with Gasteiger partial charge in [-0.2, -0.15) is 0 Å². The van der Waals surface area contributed by atoms with Gasteiger partial charge in [0.05, 0.1) is 18.2 Å². The fraction of sp³-hybridized carbons (Fsp3) is 0.562. The number of nitrogens with zero attached hydrogens (tertiary/aromatic N) is 2. The van der Waals surface area contributed by atoms with Gasteiger partial charge in [-0.3, -0.25) is 14.6 Å². The summed E-state index contributed by atoms with van der Waals surface area (Å²) in [5.41, 5.74) is 0.829. The molecule has 1 aliphatic heterocycles. The molecule has 0 aliphatic carbocycles. The van der Waals surface area contributed by atoms with Crippen molar-refractivity contribution in [1.82, 2.24) is 15.2 Å². The largest absolute Gasteiger partial charge is 0.350 e. The van der Waals surface area contributed by atoms with Crippen LogP contribution in [-0.4, -0.2) is 34.8 Å². The molecule has 1 unspecified atom stereocenters. The average Bonchev–Trinajstić information content (AvgIpc) is 2.87. The van der Waals surface area contributed by atoms with Crippen molar-refractivity contribution in [2.75, 3.05) is 13.1 Å². The van der Waals surface area contributed by atoms with Gasteiger partial charge in [-0.15, -0.1) is 0 Å². The minimum atomic E-state index is -0.220. The number of likely N-dealkylation sites (tertiary alicyclic amines) is 1. The van der Waals surface area contributed by atoms with E-state index in [4.69, 9.17) is 0 Å². The van der Waals surface area contributed by atoms with Gasteiger partial charge in [0.15, 0.2) is 0 Å². The van der Waals surface area contributed by atoms with Crippen LogP contribution >= 0.6 is 0 Å². The van der Waals surface area contributed by atoms with Crippen molar-refractivity contribution < 1.29 is 9.59 Å². The van der Waals surface area contributed by atoms with Crippen LogP contribution in [0.15, 0.2) is 24.4 Å². The molecule has 1 fully saturated rings. The Hall–Kier alpha value is -1.91. The second kappa shape index (κ2) is 7.76. The van der Waals surface area contributed by atoms with Gasteiger partial charge < -0.3 is 10.2 Å². The summed E-state index contributed by atoms with van der Waals surface area (Å²) < 4.78 is 0. The second-order valence-electron chi connectivity index (χ2n) is 5.49. The van der Waals surface area contributed by atoms with E-state index in [1.807, 2.05) is 23.1 Å². The number of aromatic nitrogens is 1. The second-order valence-corrected chi connectivity index (χ2v) is 5.49. The normalized spacial score (nSPS) is 18.0. The van der Waals surface area contributed by atoms with Gasteiger partial charge in [0.1, 0.15) is 0 Å². The molecule has 0 spiro atoms. The molecule has 1 atom stereocenters. The maximum atomic E-state index is 12.1. The highest BCUT2D eigenvalue weighted by molar-refractivity contribution is 5.89. The van der Waals surface area contributed by atoms with E-state index in [2.05, 4.69) is 17.2 Å². The summed E-state index contributed by atoms with van der Waals surface area (Å²) in [5.74, 6) is -0.168. The van der Waals surface area contributed by atoms with Gasteiger partial charge >= 0.3 is 0 Å². The van der Waals surface area contributed by atoms with Crippen molar-refractivity contribution in [3.63, 3.8) is 0 Å². The molecular weight excluding hydrogens is 266 g/mol. The van der Waals surface area contributed by atoms with Crippen LogP contribution in [-0.2, 0) is 16.1 Å². The van der Waals surface area contributed by atoms with E-state index >= 15 is 0 Å². The van der Waals surface area contributed by atoms with Crippen molar-refractivity contribution in [2.24, 2.45) is 5.92 Å². The number of unbranched alkanes of at least 4 members (excludes halogenated alkanes) is 2. The fourth-order valence-corrected chi connectivity index (χ4v) is 2.54. The van der Waals surface area contributed by atoms with E-state index < -0.39 is 0 Å². The number of nitrogens with one attached hydrogen (secondary N) is 1. The lowest BCUT2D eigenvalue weighted by Crippen LogP contribution is -2.33. The highest BCUT2D eigenvalue weighted by atomic mass is 16.2. The number of hydrogen-bond acceptors (Lipinski definition) is 3. The first-order chi connectivity index (χ1) is 10.2. The minimum absolute atomic E-state index is 0.0491. The number of hydrogen-bond donors (Lipinski definition) is 1. The number of carbonyl (C=O) groups excluding carboxylic acids is 2. The van der Waals surface area contributed by atoms with E-state index in [-0.39, 0.29) is 17.7 Å². The third-order valence-corrected chi connectivity index (χ3v) is 3.79. The van der Waals surface area contributed by atoms with E-state index in [0.29, 0.717) is 19.5 Å². The first kappa shape index (κ1) is 15.5. The Morgan fingerprint density at radius 1 is 1.43 bits per heavy atom. The monoisotopic (exact) mass is 289 g/mol. The molecular formula is C16H23N3O2. The Morgan fingerprint density at radius 2 is 2.29 bits per heavy atom. The molecule has 0 aromatic carbocycles. The van der Waals surface area contributed by atoms with Gasteiger partial charge in [0.2, 0.25) is 11.8 Å². The van der Waals surface area contributed by atoms with Gasteiger partial charge in [-0.1, -0.05) is 25.8 Å². The summed E-state index contributed by atoms with van der Waals surface area (Å²) >= 11 is 0. The summed E-state index contributed by atoms with van der Waals surface area (Å²) in [6.07, 6.45) is 5.32. The predicted octanol–water partition coefficient (Wildman–Crippen LogP) is 1.74. The molecule has 2 amide bonds. The van der Waals surface area contributed by atoms with Crippen LogP contribution in [0.5, 0.6) is 0 Å². The smallest absolute Gasteiger partial charge is 0.225 e. The van der Waals surface area contributed by atoms with Crippen LogP contribution in [0.3, 0.4) is 0 Å². The third-order valence-electron chi connectivity index (χ3n) is 3.79. The Morgan fingerprint density at radius 3 is 3.00 bits per heavy atom. The van der Waals surface area contributed by atoms with E-state index in [1.54, 1.807) is 6.20 Å². The molecule has 1 saturated heterocycles. The van der Waals surface area contributed by atoms with Crippen LogP contribution in [0.4, 0.5) is 0 Å². The molecule has 2 heterocycles. The van der Waals surface area contributed by atoms with Crippen LogP contribution in [0.2, 0.25) is 0 Å². The molecule has 1 aromatic rings. The molecule has 5 heteroatoms. The standard InChI is InChI=1S/C16H23N3O2/c1-2-3-6-9-19-12-13(10-15(19)20)16(21)18-11-14-7-4-5-8-17-14/h4-5,7-8,13H,2-3,6,9-12H2,1H3,(H,18,21). The zero-order valence-corrected chi connectivity index (χ0v) is 12.5. The van der Waals surface area contributed by atoms with Crippen molar-refractivity contribution in [3.8, 4) is 0 Å². The molecule has 2 rings (SSSR count). The highest BCUT2D eigenvalue weighted by Crippen LogP contribution is 2.18. The van der Waals surface area contributed by atoms with Gasteiger partial charge in [-0.25, -0.2) is 0 Å². The summed E-state index contributed by atoms with van der Waals surface area (Å²) in [4.78, 5) is 30.0. The zero-order chi connectivity index (χ0) is 15.1. The molecule has 5 nitrogen and oxygen atoms in total.